The van der Waals surface area contributed by atoms with E-state index >= 15 is 0 Å². The summed E-state index contributed by atoms with van der Waals surface area (Å²) in [6.45, 7) is 7.20. The Bertz CT molecular complexity index is 467. The van der Waals surface area contributed by atoms with Crippen LogP contribution in [0.3, 0.4) is 0 Å². The van der Waals surface area contributed by atoms with Gasteiger partial charge in [0.15, 0.2) is 0 Å². The first-order valence-corrected chi connectivity index (χ1v) is 7.47. The number of hydrogen-bond donors (Lipinski definition) is 1. The molecule has 0 radical (unpaired) electrons. The fourth-order valence-electron chi connectivity index (χ4n) is 2.65. The average molecular weight is 278 g/mol. The molecule has 1 aliphatic rings. The molecule has 0 aliphatic heterocycles. The third-order valence-corrected chi connectivity index (χ3v) is 4.30. The van der Waals surface area contributed by atoms with Gasteiger partial charge in [-0.25, -0.2) is 0 Å². The molecule has 112 valence electrons. The molecular formula is C16H26N2O2. The van der Waals surface area contributed by atoms with Gasteiger partial charge in [-0.2, -0.15) is 0 Å². The minimum atomic E-state index is -0.113. The molecule has 20 heavy (non-hydrogen) atoms. The highest BCUT2D eigenvalue weighted by molar-refractivity contribution is 5.79. The first-order chi connectivity index (χ1) is 9.43. The molecule has 0 aromatic carbocycles. The molecule has 1 aliphatic carbocycles. The Kier molecular flexibility index (Phi) is 4.53. The van der Waals surface area contributed by atoms with Crippen LogP contribution in [0.25, 0.3) is 0 Å². The van der Waals surface area contributed by atoms with E-state index in [1.807, 2.05) is 33.0 Å². The maximum Gasteiger partial charge on any atom is 0.227 e. The van der Waals surface area contributed by atoms with Crippen molar-refractivity contribution >= 4 is 5.91 Å². The molecule has 4 heteroatoms. The monoisotopic (exact) mass is 278 g/mol. The summed E-state index contributed by atoms with van der Waals surface area (Å²) in [6.07, 6.45) is 1.21. The van der Waals surface area contributed by atoms with Crippen LogP contribution in [0, 0.1) is 17.8 Å². The number of furan rings is 1. The third kappa shape index (κ3) is 3.23. The van der Waals surface area contributed by atoms with E-state index in [2.05, 4.69) is 6.92 Å². The lowest BCUT2D eigenvalue weighted by Crippen LogP contribution is -2.38. The Balaban J connectivity index is 1.95. The van der Waals surface area contributed by atoms with Crippen molar-refractivity contribution in [2.75, 3.05) is 13.6 Å². The molecule has 2 rings (SSSR count). The molecule has 3 atom stereocenters. The standard InChI is InChI=1S/C16H26N2O2/c1-10(2)14(8-17)16(19)18(4)9-12-5-6-15(20-12)13-7-11(13)3/h5-6,10-11,13-14H,7-9,17H2,1-4H3. The second-order valence-corrected chi connectivity index (χ2v) is 6.40. The number of amides is 1. The molecule has 1 aromatic heterocycles. The van der Waals surface area contributed by atoms with Crippen molar-refractivity contribution < 1.29 is 9.21 Å². The molecule has 1 fully saturated rings. The molecular weight excluding hydrogens is 252 g/mol. The lowest BCUT2D eigenvalue weighted by molar-refractivity contribution is -0.136. The van der Waals surface area contributed by atoms with Gasteiger partial charge in [0, 0.05) is 19.5 Å². The Morgan fingerprint density at radius 1 is 1.50 bits per heavy atom. The van der Waals surface area contributed by atoms with E-state index in [1.165, 1.54) is 6.42 Å². The van der Waals surface area contributed by atoms with Crippen LogP contribution >= 0.6 is 0 Å². The van der Waals surface area contributed by atoms with Gasteiger partial charge in [0.25, 0.3) is 0 Å². The number of carbonyl (C=O) groups excluding carboxylic acids is 1. The van der Waals surface area contributed by atoms with Gasteiger partial charge in [0.05, 0.1) is 12.5 Å². The second kappa shape index (κ2) is 6.00. The molecule has 1 heterocycles. The predicted octanol–water partition coefficient (Wildman–Crippen LogP) is 2.59. The minimum absolute atomic E-state index is 0.0974. The molecule has 0 bridgehead atoms. The molecule has 3 unspecified atom stereocenters. The summed E-state index contributed by atoms with van der Waals surface area (Å²) in [6, 6.07) is 4.03. The first-order valence-electron chi connectivity index (χ1n) is 7.47. The average Bonchev–Trinajstić information content (AvgIpc) is 2.94. The Labute approximate surface area is 121 Å². The number of nitrogens with zero attached hydrogens (tertiary/aromatic N) is 1. The van der Waals surface area contributed by atoms with Crippen LogP contribution in [0.15, 0.2) is 16.5 Å². The maximum absolute atomic E-state index is 12.3. The summed E-state index contributed by atoms with van der Waals surface area (Å²) >= 11 is 0. The second-order valence-electron chi connectivity index (χ2n) is 6.40. The topological polar surface area (TPSA) is 59.5 Å². The summed E-state index contributed by atoms with van der Waals surface area (Å²) < 4.78 is 5.85. The van der Waals surface area contributed by atoms with E-state index in [4.69, 9.17) is 10.2 Å². The SMILES string of the molecule is CC(C)C(CN)C(=O)N(C)Cc1ccc(C2CC2C)o1. The van der Waals surface area contributed by atoms with E-state index in [-0.39, 0.29) is 17.7 Å². The smallest absolute Gasteiger partial charge is 0.227 e. The summed E-state index contributed by atoms with van der Waals surface area (Å²) in [5, 5.41) is 0. The van der Waals surface area contributed by atoms with E-state index in [0.717, 1.165) is 17.4 Å². The lowest BCUT2D eigenvalue weighted by Gasteiger charge is -2.24. The quantitative estimate of drug-likeness (QED) is 0.870. The molecule has 0 spiro atoms. The van der Waals surface area contributed by atoms with Crippen molar-refractivity contribution in [3.05, 3.63) is 23.7 Å². The maximum atomic E-state index is 12.3. The van der Waals surface area contributed by atoms with Gasteiger partial charge in [-0.3, -0.25) is 4.79 Å². The van der Waals surface area contributed by atoms with Crippen molar-refractivity contribution in [2.45, 2.75) is 39.7 Å². The van der Waals surface area contributed by atoms with Gasteiger partial charge in [-0.15, -0.1) is 0 Å². The van der Waals surface area contributed by atoms with Crippen LogP contribution in [-0.2, 0) is 11.3 Å². The van der Waals surface area contributed by atoms with Gasteiger partial charge in [-0.1, -0.05) is 20.8 Å². The highest BCUT2D eigenvalue weighted by Crippen LogP contribution is 2.47. The lowest BCUT2D eigenvalue weighted by atomic mass is 9.94. The van der Waals surface area contributed by atoms with Crippen LogP contribution < -0.4 is 5.73 Å². The molecule has 1 aromatic rings. The highest BCUT2D eigenvalue weighted by Gasteiger charge is 2.36. The van der Waals surface area contributed by atoms with E-state index in [9.17, 15) is 4.79 Å². The molecule has 1 saturated carbocycles. The van der Waals surface area contributed by atoms with Gasteiger partial charge < -0.3 is 15.1 Å². The Hall–Kier alpha value is -1.29. The summed E-state index contributed by atoms with van der Waals surface area (Å²) in [5.74, 6) is 3.47. The van der Waals surface area contributed by atoms with Crippen molar-refractivity contribution in [2.24, 2.45) is 23.5 Å². The van der Waals surface area contributed by atoms with Crippen LogP contribution in [0.2, 0.25) is 0 Å². The predicted molar refractivity (Wildman–Crippen MR) is 79.1 cm³/mol. The van der Waals surface area contributed by atoms with Crippen LogP contribution in [0.5, 0.6) is 0 Å². The van der Waals surface area contributed by atoms with Crippen molar-refractivity contribution in [3.63, 3.8) is 0 Å². The minimum Gasteiger partial charge on any atom is -0.464 e. The molecule has 0 saturated heterocycles. The number of nitrogens with two attached hydrogens (primary N) is 1. The highest BCUT2D eigenvalue weighted by atomic mass is 16.3. The number of hydrogen-bond acceptors (Lipinski definition) is 3. The van der Waals surface area contributed by atoms with Crippen molar-refractivity contribution in [1.29, 1.82) is 0 Å². The summed E-state index contributed by atoms with van der Waals surface area (Å²) in [5.41, 5.74) is 5.70. The van der Waals surface area contributed by atoms with E-state index in [1.54, 1.807) is 4.90 Å². The van der Waals surface area contributed by atoms with Gasteiger partial charge in [0.1, 0.15) is 11.5 Å². The Morgan fingerprint density at radius 2 is 2.15 bits per heavy atom. The van der Waals surface area contributed by atoms with Crippen LogP contribution in [-0.4, -0.2) is 24.4 Å². The van der Waals surface area contributed by atoms with E-state index in [0.29, 0.717) is 19.0 Å². The molecule has 1 amide bonds. The molecule has 2 N–H and O–H groups in total. The molecule has 4 nitrogen and oxygen atoms in total. The Morgan fingerprint density at radius 3 is 2.65 bits per heavy atom. The normalized spacial score (nSPS) is 22.9. The number of rotatable bonds is 6. The summed E-state index contributed by atoms with van der Waals surface area (Å²) in [7, 11) is 1.81. The van der Waals surface area contributed by atoms with Gasteiger partial charge >= 0.3 is 0 Å². The van der Waals surface area contributed by atoms with Crippen molar-refractivity contribution in [3.8, 4) is 0 Å². The largest absolute Gasteiger partial charge is 0.464 e. The first kappa shape index (κ1) is 15.1. The third-order valence-electron chi connectivity index (χ3n) is 4.30. The fourth-order valence-corrected chi connectivity index (χ4v) is 2.65. The fraction of sp³-hybridized carbons (Fsp3) is 0.688. The summed E-state index contributed by atoms with van der Waals surface area (Å²) in [4.78, 5) is 14.0. The van der Waals surface area contributed by atoms with Gasteiger partial charge in [0.2, 0.25) is 5.91 Å². The zero-order chi connectivity index (χ0) is 14.9. The van der Waals surface area contributed by atoms with E-state index < -0.39 is 0 Å². The van der Waals surface area contributed by atoms with Crippen LogP contribution in [0.1, 0.15) is 44.6 Å². The number of carbonyl (C=O) groups is 1. The van der Waals surface area contributed by atoms with Crippen molar-refractivity contribution in [1.82, 2.24) is 4.90 Å². The zero-order valence-electron chi connectivity index (χ0n) is 12.9. The van der Waals surface area contributed by atoms with Gasteiger partial charge in [-0.05, 0) is 30.4 Å². The zero-order valence-corrected chi connectivity index (χ0v) is 12.9. The van der Waals surface area contributed by atoms with Crippen LogP contribution in [0.4, 0.5) is 0 Å².